The third-order valence-electron chi connectivity index (χ3n) is 8.26. The molecule has 0 radical (unpaired) electrons. The van der Waals surface area contributed by atoms with E-state index in [9.17, 15) is 19.2 Å². The Hall–Kier alpha value is -4.16. The van der Waals surface area contributed by atoms with E-state index < -0.39 is 29.7 Å². The second kappa shape index (κ2) is 16.2. The SMILES string of the molecule is O=C(Nc1ccc2c(c1)OCCO2)C(=O)[C@H](COCc1ccccc1)NC(=O)[C@H](CC1CCCCC1)NC(=O)N1CCOCC1. The van der Waals surface area contributed by atoms with E-state index in [4.69, 9.17) is 18.9 Å². The molecule has 4 amide bonds. The van der Waals surface area contributed by atoms with Crippen molar-refractivity contribution in [3.8, 4) is 11.5 Å². The number of fused-ring (bicyclic) bond motifs is 1. The van der Waals surface area contributed by atoms with Crippen molar-refractivity contribution < 1.29 is 38.1 Å². The van der Waals surface area contributed by atoms with E-state index in [0.717, 1.165) is 37.7 Å². The lowest BCUT2D eigenvalue weighted by Gasteiger charge is -2.31. The summed E-state index contributed by atoms with van der Waals surface area (Å²) >= 11 is 0. The highest BCUT2D eigenvalue weighted by Crippen LogP contribution is 2.32. The van der Waals surface area contributed by atoms with Crippen LogP contribution in [0, 0.1) is 5.92 Å². The second-order valence-corrected chi connectivity index (χ2v) is 11.6. The predicted molar refractivity (Wildman–Crippen MR) is 165 cm³/mol. The molecule has 1 saturated heterocycles. The van der Waals surface area contributed by atoms with Crippen LogP contribution in [-0.4, -0.2) is 86.7 Å². The lowest BCUT2D eigenvalue weighted by molar-refractivity contribution is -0.139. The van der Waals surface area contributed by atoms with E-state index in [2.05, 4.69) is 16.0 Å². The molecule has 2 aliphatic heterocycles. The molecule has 45 heavy (non-hydrogen) atoms. The number of hydrogen-bond acceptors (Lipinski definition) is 8. The Balaban J connectivity index is 1.28. The van der Waals surface area contributed by atoms with Crippen LogP contribution in [0.4, 0.5) is 10.5 Å². The van der Waals surface area contributed by atoms with Gasteiger partial charge in [-0.3, -0.25) is 14.4 Å². The molecule has 1 aliphatic carbocycles. The molecule has 1 saturated carbocycles. The highest BCUT2D eigenvalue weighted by molar-refractivity contribution is 6.42. The van der Waals surface area contributed by atoms with Gasteiger partial charge in [0.15, 0.2) is 11.5 Å². The van der Waals surface area contributed by atoms with E-state index in [1.165, 1.54) is 0 Å². The molecule has 242 valence electrons. The summed E-state index contributed by atoms with van der Waals surface area (Å²) in [6.45, 7) is 2.47. The summed E-state index contributed by atoms with van der Waals surface area (Å²) in [6.07, 6.45) is 5.68. The molecule has 0 spiro atoms. The molecule has 2 heterocycles. The lowest BCUT2D eigenvalue weighted by Crippen LogP contribution is -2.57. The first-order valence-electron chi connectivity index (χ1n) is 15.8. The Morgan fingerprint density at radius 3 is 2.33 bits per heavy atom. The average Bonchev–Trinajstić information content (AvgIpc) is 3.08. The topological polar surface area (TPSA) is 145 Å². The monoisotopic (exact) mass is 622 g/mol. The Kier molecular flexibility index (Phi) is 11.6. The van der Waals surface area contributed by atoms with Gasteiger partial charge in [-0.15, -0.1) is 0 Å². The fraction of sp³-hybridized carbons (Fsp3) is 0.515. The van der Waals surface area contributed by atoms with Crippen molar-refractivity contribution in [2.45, 2.75) is 57.2 Å². The number of carbonyl (C=O) groups is 4. The molecule has 0 aromatic heterocycles. The summed E-state index contributed by atoms with van der Waals surface area (Å²) in [5.41, 5.74) is 1.23. The summed E-state index contributed by atoms with van der Waals surface area (Å²) in [5.74, 6) is -1.04. The van der Waals surface area contributed by atoms with Gasteiger partial charge in [0, 0.05) is 24.8 Å². The third-order valence-corrected chi connectivity index (χ3v) is 8.26. The highest BCUT2D eigenvalue weighted by Gasteiger charge is 2.33. The van der Waals surface area contributed by atoms with Crippen molar-refractivity contribution in [1.29, 1.82) is 0 Å². The number of ether oxygens (including phenoxy) is 4. The largest absolute Gasteiger partial charge is 0.486 e. The first kappa shape index (κ1) is 32.2. The molecular weight excluding hydrogens is 580 g/mol. The van der Waals surface area contributed by atoms with Gasteiger partial charge < -0.3 is 39.8 Å². The van der Waals surface area contributed by atoms with Gasteiger partial charge in [0.05, 0.1) is 26.4 Å². The molecule has 3 aliphatic rings. The smallest absolute Gasteiger partial charge is 0.318 e. The number of amides is 4. The van der Waals surface area contributed by atoms with E-state index in [1.807, 2.05) is 30.3 Å². The zero-order valence-electron chi connectivity index (χ0n) is 25.5. The van der Waals surface area contributed by atoms with Gasteiger partial charge >= 0.3 is 6.03 Å². The molecule has 12 nitrogen and oxygen atoms in total. The maximum Gasteiger partial charge on any atom is 0.318 e. The summed E-state index contributed by atoms with van der Waals surface area (Å²) in [5, 5.41) is 8.24. The minimum atomic E-state index is -1.28. The molecule has 2 fully saturated rings. The number of morpholine rings is 1. The zero-order chi connectivity index (χ0) is 31.4. The van der Waals surface area contributed by atoms with E-state index in [0.29, 0.717) is 63.1 Å². The molecule has 0 bridgehead atoms. The van der Waals surface area contributed by atoms with Crippen LogP contribution in [-0.2, 0) is 30.5 Å². The van der Waals surface area contributed by atoms with Gasteiger partial charge in [-0.1, -0.05) is 62.4 Å². The van der Waals surface area contributed by atoms with Crippen LogP contribution in [0.3, 0.4) is 0 Å². The van der Waals surface area contributed by atoms with Gasteiger partial charge in [-0.2, -0.15) is 0 Å². The van der Waals surface area contributed by atoms with Gasteiger partial charge in [0.25, 0.3) is 5.91 Å². The molecule has 12 heteroatoms. The van der Waals surface area contributed by atoms with Gasteiger partial charge in [-0.05, 0) is 30.0 Å². The molecule has 0 unspecified atom stereocenters. The standard InChI is InChI=1S/C33H42N4O8/c38-30(32(40)34-25-11-12-28-29(20-25)45-18-17-44-28)27(22-43-21-24-9-5-2-6-10-24)35-31(39)26(19-23-7-3-1-4-8-23)36-33(41)37-13-15-42-16-14-37/h2,5-6,9-12,20,23,26-27H,1,3-4,7-8,13-19,21-22H2,(H,34,40)(H,35,39)(H,36,41)/t26-,27-/m0/s1. The van der Waals surface area contributed by atoms with Crippen LogP contribution in [0.25, 0.3) is 0 Å². The fourth-order valence-electron chi connectivity index (χ4n) is 5.79. The van der Waals surface area contributed by atoms with E-state index in [1.54, 1.807) is 23.1 Å². The van der Waals surface area contributed by atoms with Crippen LogP contribution >= 0.6 is 0 Å². The molecule has 2 atom stereocenters. The summed E-state index contributed by atoms with van der Waals surface area (Å²) < 4.78 is 22.3. The predicted octanol–water partition coefficient (Wildman–Crippen LogP) is 3.05. The Morgan fingerprint density at radius 1 is 0.844 bits per heavy atom. The number of anilines is 1. The summed E-state index contributed by atoms with van der Waals surface area (Å²) in [7, 11) is 0. The Labute approximate surface area is 263 Å². The van der Waals surface area contributed by atoms with Crippen molar-refractivity contribution in [1.82, 2.24) is 15.5 Å². The minimum Gasteiger partial charge on any atom is -0.486 e. The molecule has 2 aromatic rings. The van der Waals surface area contributed by atoms with Crippen molar-refractivity contribution in [2.24, 2.45) is 5.92 Å². The second-order valence-electron chi connectivity index (χ2n) is 11.6. The molecule has 3 N–H and O–H groups in total. The summed E-state index contributed by atoms with van der Waals surface area (Å²) in [6, 6.07) is 11.7. The third kappa shape index (κ3) is 9.41. The number of nitrogens with zero attached hydrogens (tertiary/aromatic N) is 1. The maximum absolute atomic E-state index is 13.8. The van der Waals surface area contributed by atoms with Crippen molar-refractivity contribution in [3.63, 3.8) is 0 Å². The highest BCUT2D eigenvalue weighted by atomic mass is 16.6. The van der Waals surface area contributed by atoms with Crippen LogP contribution in [0.2, 0.25) is 0 Å². The Morgan fingerprint density at radius 2 is 1.58 bits per heavy atom. The van der Waals surface area contributed by atoms with E-state index >= 15 is 0 Å². The first-order chi connectivity index (χ1) is 22.0. The fourth-order valence-corrected chi connectivity index (χ4v) is 5.79. The normalized spacial score (nSPS) is 17.9. The number of carbonyl (C=O) groups excluding carboxylic acids is 4. The Bertz CT molecular complexity index is 1310. The van der Waals surface area contributed by atoms with Gasteiger partial charge in [0.1, 0.15) is 25.3 Å². The van der Waals surface area contributed by atoms with E-state index in [-0.39, 0.29) is 25.2 Å². The van der Waals surface area contributed by atoms with Gasteiger partial charge in [0.2, 0.25) is 11.7 Å². The quantitative estimate of drug-likeness (QED) is 0.307. The van der Waals surface area contributed by atoms with Crippen molar-refractivity contribution >= 4 is 29.3 Å². The number of urea groups is 1. The van der Waals surface area contributed by atoms with Crippen molar-refractivity contribution in [2.75, 3.05) is 51.4 Å². The summed E-state index contributed by atoms with van der Waals surface area (Å²) in [4.78, 5) is 55.2. The molecule has 5 rings (SSSR count). The number of rotatable bonds is 12. The molecular formula is C33H42N4O8. The zero-order valence-corrected chi connectivity index (χ0v) is 25.5. The molecule has 2 aromatic carbocycles. The van der Waals surface area contributed by atoms with Crippen molar-refractivity contribution in [3.05, 3.63) is 54.1 Å². The van der Waals surface area contributed by atoms with Gasteiger partial charge in [-0.25, -0.2) is 4.79 Å². The average molecular weight is 623 g/mol. The van der Waals surface area contributed by atoms with Crippen LogP contribution in [0.15, 0.2) is 48.5 Å². The number of benzene rings is 2. The number of Topliss-reactive ketones (excluding diaryl/α,β-unsaturated/α-hetero) is 1. The maximum atomic E-state index is 13.8. The first-order valence-corrected chi connectivity index (χ1v) is 15.8. The number of ketones is 1. The van der Waals surface area contributed by atoms with Crippen LogP contribution < -0.4 is 25.4 Å². The van der Waals surface area contributed by atoms with Crippen LogP contribution in [0.1, 0.15) is 44.1 Å². The van der Waals surface area contributed by atoms with Crippen LogP contribution in [0.5, 0.6) is 11.5 Å². The number of nitrogens with one attached hydrogen (secondary N) is 3. The minimum absolute atomic E-state index is 0.184. The lowest BCUT2D eigenvalue weighted by atomic mass is 9.84. The number of hydrogen-bond donors (Lipinski definition) is 3.